The molecule has 0 bridgehead atoms. The number of hydrogen-bond donors (Lipinski definition) is 1. The Morgan fingerprint density at radius 2 is 1.65 bits per heavy atom. The number of nitriles is 1. The summed E-state index contributed by atoms with van der Waals surface area (Å²) in [7, 11) is 0. The molecule has 98 valence electrons. The van der Waals surface area contributed by atoms with Crippen LogP contribution < -0.4 is 0 Å². The summed E-state index contributed by atoms with van der Waals surface area (Å²) >= 11 is 0. The number of nitrogens with zero attached hydrogens (tertiary/aromatic N) is 1. The molecule has 0 spiro atoms. The van der Waals surface area contributed by atoms with Crippen molar-refractivity contribution < 1.29 is 5.11 Å². The first-order chi connectivity index (χ1) is 7.93. The minimum atomic E-state index is -0.840. The Balaban J connectivity index is 2.87. The molecule has 0 aromatic rings. The van der Waals surface area contributed by atoms with Crippen LogP contribution in [0.25, 0.3) is 0 Å². The first-order valence-corrected chi connectivity index (χ1v) is 7.07. The molecule has 0 radical (unpaired) electrons. The summed E-state index contributed by atoms with van der Waals surface area (Å²) in [6.07, 6.45) is 8.33. The Hall–Kier alpha value is -0.550. The second kappa shape index (κ2) is 5.87. The normalized spacial score (nSPS) is 24.5. The molecule has 1 N–H and O–H groups in total. The van der Waals surface area contributed by atoms with E-state index in [0.717, 1.165) is 32.1 Å². The average molecular weight is 237 g/mol. The van der Waals surface area contributed by atoms with Gasteiger partial charge < -0.3 is 5.11 Å². The Kier molecular flexibility index (Phi) is 5.01. The quantitative estimate of drug-likeness (QED) is 0.805. The molecule has 1 atom stereocenters. The van der Waals surface area contributed by atoms with Crippen LogP contribution in [0.3, 0.4) is 0 Å². The summed E-state index contributed by atoms with van der Waals surface area (Å²) in [6, 6.07) is 2.48. The first kappa shape index (κ1) is 14.5. The summed E-state index contributed by atoms with van der Waals surface area (Å²) in [4.78, 5) is 0. The van der Waals surface area contributed by atoms with Crippen LogP contribution in [0.4, 0.5) is 0 Å². The van der Waals surface area contributed by atoms with Gasteiger partial charge in [0.25, 0.3) is 0 Å². The highest BCUT2D eigenvalue weighted by molar-refractivity contribution is 5.10. The van der Waals surface area contributed by atoms with Gasteiger partial charge in [-0.1, -0.05) is 46.0 Å². The molecular formula is C15H27NO. The van der Waals surface area contributed by atoms with Crippen molar-refractivity contribution in [3.63, 3.8) is 0 Å². The van der Waals surface area contributed by atoms with E-state index in [1.165, 1.54) is 19.3 Å². The molecule has 0 aromatic heterocycles. The Labute approximate surface area is 106 Å². The maximum Gasteiger partial charge on any atom is 0.0857 e. The molecular weight excluding hydrogens is 210 g/mol. The highest BCUT2D eigenvalue weighted by atomic mass is 16.3. The van der Waals surface area contributed by atoms with Crippen LogP contribution in [-0.2, 0) is 0 Å². The van der Waals surface area contributed by atoms with Crippen molar-refractivity contribution in [2.45, 2.75) is 77.7 Å². The number of rotatable bonds is 3. The molecule has 2 nitrogen and oxygen atoms in total. The fourth-order valence-corrected chi connectivity index (χ4v) is 3.27. The standard InChI is InChI=1S/C15H27NO/c1-13(2)11-14(3,17)15(12-16)9-7-5-4-6-8-10-15/h13,17H,4-11H2,1-3H3. The molecule has 0 saturated heterocycles. The van der Waals surface area contributed by atoms with Crippen molar-refractivity contribution >= 4 is 0 Å². The van der Waals surface area contributed by atoms with E-state index in [-0.39, 0.29) is 0 Å². The molecule has 0 aliphatic heterocycles. The van der Waals surface area contributed by atoms with Gasteiger partial charge in [-0.05, 0) is 32.1 Å². The van der Waals surface area contributed by atoms with Crippen LogP contribution in [0.2, 0.25) is 0 Å². The lowest BCUT2D eigenvalue weighted by Crippen LogP contribution is -2.46. The van der Waals surface area contributed by atoms with E-state index in [9.17, 15) is 10.4 Å². The average Bonchev–Trinajstić information content (AvgIpc) is 2.15. The molecule has 0 amide bonds. The van der Waals surface area contributed by atoms with E-state index in [1.54, 1.807) is 0 Å². The molecule has 1 aliphatic rings. The molecule has 0 heterocycles. The maximum absolute atomic E-state index is 10.8. The topological polar surface area (TPSA) is 44.0 Å². The van der Waals surface area contributed by atoms with Crippen molar-refractivity contribution in [2.75, 3.05) is 0 Å². The molecule has 17 heavy (non-hydrogen) atoms. The minimum Gasteiger partial charge on any atom is -0.389 e. The summed E-state index contributed by atoms with van der Waals surface area (Å²) in [6.45, 7) is 6.10. The zero-order chi connectivity index (χ0) is 12.9. The first-order valence-electron chi connectivity index (χ1n) is 7.07. The molecule has 1 aliphatic carbocycles. The van der Waals surface area contributed by atoms with E-state index < -0.39 is 11.0 Å². The zero-order valence-electron chi connectivity index (χ0n) is 11.6. The van der Waals surface area contributed by atoms with Gasteiger partial charge in [0, 0.05) is 0 Å². The Bertz CT molecular complexity index is 267. The van der Waals surface area contributed by atoms with Gasteiger partial charge in [0.1, 0.15) is 0 Å². The highest BCUT2D eigenvalue weighted by Gasteiger charge is 2.46. The third-order valence-electron chi connectivity index (χ3n) is 4.26. The van der Waals surface area contributed by atoms with Crippen LogP contribution in [0.15, 0.2) is 0 Å². The molecule has 1 saturated carbocycles. The molecule has 1 unspecified atom stereocenters. The Morgan fingerprint density at radius 1 is 1.18 bits per heavy atom. The van der Waals surface area contributed by atoms with Gasteiger partial charge in [0.15, 0.2) is 0 Å². The number of hydrogen-bond acceptors (Lipinski definition) is 2. The van der Waals surface area contributed by atoms with Crippen LogP contribution in [-0.4, -0.2) is 10.7 Å². The summed E-state index contributed by atoms with van der Waals surface area (Å²) in [5.41, 5.74) is -1.36. The van der Waals surface area contributed by atoms with Crippen molar-refractivity contribution in [2.24, 2.45) is 11.3 Å². The summed E-state index contributed by atoms with van der Waals surface area (Å²) in [5.74, 6) is 0.431. The highest BCUT2D eigenvalue weighted by Crippen LogP contribution is 2.45. The van der Waals surface area contributed by atoms with Crippen molar-refractivity contribution in [3.05, 3.63) is 0 Å². The van der Waals surface area contributed by atoms with Gasteiger partial charge >= 0.3 is 0 Å². The lowest BCUT2D eigenvalue weighted by molar-refractivity contribution is -0.0666. The largest absolute Gasteiger partial charge is 0.389 e. The fraction of sp³-hybridized carbons (Fsp3) is 0.933. The van der Waals surface area contributed by atoms with Gasteiger partial charge in [-0.25, -0.2) is 0 Å². The lowest BCUT2D eigenvalue weighted by atomic mass is 9.64. The van der Waals surface area contributed by atoms with Crippen molar-refractivity contribution in [3.8, 4) is 6.07 Å². The summed E-state index contributed by atoms with van der Waals surface area (Å²) < 4.78 is 0. The predicted octanol–water partition coefficient (Wildman–Crippen LogP) is 4.04. The smallest absolute Gasteiger partial charge is 0.0857 e. The molecule has 1 rings (SSSR count). The third-order valence-corrected chi connectivity index (χ3v) is 4.26. The number of aliphatic hydroxyl groups is 1. The van der Waals surface area contributed by atoms with Gasteiger partial charge in [0.05, 0.1) is 17.1 Å². The molecule has 0 aromatic carbocycles. The van der Waals surface area contributed by atoms with E-state index in [1.807, 2.05) is 6.92 Å². The van der Waals surface area contributed by atoms with E-state index in [0.29, 0.717) is 5.92 Å². The maximum atomic E-state index is 10.8. The van der Waals surface area contributed by atoms with Gasteiger partial charge in [0.2, 0.25) is 0 Å². The lowest BCUT2D eigenvalue weighted by Gasteiger charge is -2.42. The van der Waals surface area contributed by atoms with Gasteiger partial charge in [-0.15, -0.1) is 0 Å². The zero-order valence-corrected chi connectivity index (χ0v) is 11.6. The monoisotopic (exact) mass is 237 g/mol. The van der Waals surface area contributed by atoms with Crippen LogP contribution in [0.1, 0.15) is 72.1 Å². The summed E-state index contributed by atoms with van der Waals surface area (Å²) in [5, 5.41) is 20.4. The van der Waals surface area contributed by atoms with Crippen LogP contribution in [0.5, 0.6) is 0 Å². The predicted molar refractivity (Wildman–Crippen MR) is 70.4 cm³/mol. The van der Waals surface area contributed by atoms with Crippen molar-refractivity contribution in [1.29, 1.82) is 5.26 Å². The molecule has 1 fully saturated rings. The second-order valence-electron chi connectivity index (χ2n) is 6.33. The van der Waals surface area contributed by atoms with E-state index in [2.05, 4.69) is 19.9 Å². The fourth-order valence-electron chi connectivity index (χ4n) is 3.27. The van der Waals surface area contributed by atoms with E-state index >= 15 is 0 Å². The Morgan fingerprint density at radius 3 is 2.06 bits per heavy atom. The van der Waals surface area contributed by atoms with E-state index in [4.69, 9.17) is 0 Å². The third kappa shape index (κ3) is 3.45. The SMILES string of the molecule is CC(C)CC(C)(O)C1(C#N)CCCCCCC1. The van der Waals surface area contributed by atoms with Crippen LogP contribution >= 0.6 is 0 Å². The minimum absolute atomic E-state index is 0.431. The molecule has 2 heteroatoms. The second-order valence-corrected chi connectivity index (χ2v) is 6.33. The van der Waals surface area contributed by atoms with Crippen LogP contribution in [0, 0.1) is 22.7 Å². The van der Waals surface area contributed by atoms with Gasteiger partial charge in [-0.3, -0.25) is 0 Å². The van der Waals surface area contributed by atoms with Crippen molar-refractivity contribution in [1.82, 2.24) is 0 Å². The van der Waals surface area contributed by atoms with Gasteiger partial charge in [-0.2, -0.15) is 5.26 Å².